The summed E-state index contributed by atoms with van der Waals surface area (Å²) in [6.07, 6.45) is -6.01. The molecule has 0 saturated carbocycles. The molecule has 1 aliphatic heterocycles. The number of carbonyl (C=O) groups is 1. The van der Waals surface area contributed by atoms with E-state index < -0.39 is 63.0 Å². The molecule has 0 amide bonds. The van der Waals surface area contributed by atoms with Gasteiger partial charge in [0.1, 0.15) is 0 Å². The van der Waals surface area contributed by atoms with E-state index in [9.17, 15) is 30.2 Å². The maximum atomic E-state index is 10.7. The smallest absolute Gasteiger partial charge is 1.00 e. The summed E-state index contributed by atoms with van der Waals surface area (Å²) < 4.78 is 11.6. The predicted molar refractivity (Wildman–Crippen MR) is 82.2 cm³/mol. The van der Waals surface area contributed by atoms with Crippen LogP contribution in [-0.2, 0) is 10.8 Å². The monoisotopic (exact) mass is 496 g/mol. The first-order valence-corrected chi connectivity index (χ1v) is 9.79. The first-order valence-electron chi connectivity index (χ1n) is 6.43. The minimum Gasteiger partial charge on any atom is 1.00 e. The number of aliphatic carboxylic acids is 1. The predicted octanol–water partition coefficient (Wildman–Crippen LogP) is -6.77. The SMILES string of the molecule is O.O.O=C(O)C(O)C(O)C1[O][Sb]([c]2ccc([N+](=O)[O-])cc2)[O]C1CO.[Na+]. The van der Waals surface area contributed by atoms with E-state index in [1.165, 1.54) is 24.3 Å². The fourth-order valence-corrected chi connectivity index (χ4v) is 6.52. The van der Waals surface area contributed by atoms with Crippen molar-refractivity contribution < 1.29 is 76.7 Å². The van der Waals surface area contributed by atoms with E-state index in [2.05, 4.69) is 0 Å². The molecule has 1 aromatic carbocycles. The maximum Gasteiger partial charge on any atom is 1.00 e. The van der Waals surface area contributed by atoms with Gasteiger partial charge in [-0.1, -0.05) is 0 Å². The number of aliphatic hydroxyl groups is 3. The summed E-state index contributed by atoms with van der Waals surface area (Å²) >= 11 is -3.09. The van der Waals surface area contributed by atoms with Crippen LogP contribution < -0.4 is 33.1 Å². The van der Waals surface area contributed by atoms with E-state index in [4.69, 9.17) is 11.1 Å². The minimum atomic E-state index is -3.09. The normalized spacial score (nSPS) is 21.5. The van der Waals surface area contributed by atoms with Crippen LogP contribution >= 0.6 is 0 Å². The molecule has 26 heavy (non-hydrogen) atoms. The molecule has 1 heterocycles. The maximum absolute atomic E-state index is 10.7. The van der Waals surface area contributed by atoms with Gasteiger partial charge in [-0.3, -0.25) is 0 Å². The van der Waals surface area contributed by atoms with Gasteiger partial charge in [0, 0.05) is 0 Å². The minimum absolute atomic E-state index is 0. The number of rotatable bonds is 6. The Kier molecular flexibility index (Phi) is 13.0. The molecule has 14 heteroatoms. The van der Waals surface area contributed by atoms with Crippen LogP contribution in [0.4, 0.5) is 5.69 Å². The van der Waals surface area contributed by atoms with E-state index in [1.807, 2.05) is 0 Å². The molecule has 1 saturated heterocycles. The molecule has 0 radical (unpaired) electrons. The van der Waals surface area contributed by atoms with Gasteiger partial charge in [0.25, 0.3) is 0 Å². The van der Waals surface area contributed by atoms with Crippen LogP contribution in [-0.4, -0.2) is 94.3 Å². The van der Waals surface area contributed by atoms with E-state index in [1.54, 1.807) is 0 Å². The third-order valence-corrected chi connectivity index (χ3v) is 7.79. The van der Waals surface area contributed by atoms with Gasteiger partial charge in [-0.15, -0.1) is 0 Å². The Morgan fingerprint density at radius 2 is 1.77 bits per heavy atom. The second-order valence-electron chi connectivity index (χ2n) is 4.70. The average Bonchev–Trinajstić information content (AvgIpc) is 2.97. The standard InChI is InChI=1S/C6H4NO2.C6H10O7.Na.2H2O.Sb/c8-7(9)6-4-2-1-3-5-6;7-1-2(8)3(9)4(10)5(11)6(12)13;;;;/h2-5H;2-5,7,10-11H,1H2,(H,12,13);;2*1H2;/q;-2;+1;;;+2. The molecule has 0 bridgehead atoms. The summed E-state index contributed by atoms with van der Waals surface area (Å²) in [4.78, 5) is 20.8. The molecule has 1 fully saturated rings. The van der Waals surface area contributed by atoms with Crippen LogP contribution in [0.1, 0.15) is 0 Å². The molecular formula is C12H18NNaO11Sb+. The molecular weight excluding hydrogens is 479 g/mol. The third-order valence-electron chi connectivity index (χ3n) is 3.18. The van der Waals surface area contributed by atoms with Crippen LogP contribution in [0.2, 0.25) is 0 Å². The zero-order chi connectivity index (χ0) is 17.1. The van der Waals surface area contributed by atoms with Crippen molar-refractivity contribution in [1.29, 1.82) is 0 Å². The molecule has 1 aliphatic rings. The number of carboxylic acids is 1. The van der Waals surface area contributed by atoms with Crippen molar-refractivity contribution in [2.24, 2.45) is 0 Å². The number of nitro groups is 1. The van der Waals surface area contributed by atoms with Crippen LogP contribution in [0, 0.1) is 10.1 Å². The Morgan fingerprint density at radius 1 is 1.23 bits per heavy atom. The number of nitro benzene ring substituents is 1. The van der Waals surface area contributed by atoms with Crippen molar-refractivity contribution in [2.75, 3.05) is 6.61 Å². The summed E-state index contributed by atoms with van der Waals surface area (Å²) in [5, 5.41) is 47.9. The number of benzene rings is 1. The third kappa shape index (κ3) is 6.36. The van der Waals surface area contributed by atoms with Gasteiger partial charge in [-0.05, 0) is 0 Å². The molecule has 12 nitrogen and oxygen atoms in total. The molecule has 2 rings (SSSR count). The Hall–Kier alpha value is -0.372. The number of non-ortho nitro benzene ring substituents is 1. The van der Waals surface area contributed by atoms with E-state index >= 15 is 0 Å². The van der Waals surface area contributed by atoms with Gasteiger partial charge in [-0.2, -0.15) is 0 Å². The summed E-state index contributed by atoms with van der Waals surface area (Å²) in [7, 11) is 0. The molecule has 1 aromatic rings. The Labute approximate surface area is 177 Å². The van der Waals surface area contributed by atoms with E-state index in [0.29, 0.717) is 3.51 Å². The number of aliphatic hydroxyl groups excluding tert-OH is 3. The van der Waals surface area contributed by atoms with Crippen LogP contribution in [0.25, 0.3) is 0 Å². The first kappa shape index (κ1) is 27.8. The van der Waals surface area contributed by atoms with Crippen LogP contribution in [0.15, 0.2) is 24.3 Å². The van der Waals surface area contributed by atoms with E-state index in [0.717, 1.165) is 0 Å². The number of hydrogen-bond acceptors (Lipinski definition) is 8. The fourth-order valence-electron chi connectivity index (χ4n) is 1.95. The van der Waals surface area contributed by atoms with Crippen molar-refractivity contribution in [3.8, 4) is 0 Å². The van der Waals surface area contributed by atoms with Crippen molar-refractivity contribution in [1.82, 2.24) is 0 Å². The zero-order valence-electron chi connectivity index (χ0n) is 13.6. The van der Waals surface area contributed by atoms with Crippen molar-refractivity contribution >= 4 is 36.2 Å². The molecule has 0 spiro atoms. The van der Waals surface area contributed by atoms with Gasteiger partial charge in [0.05, 0.1) is 0 Å². The quantitative estimate of drug-likeness (QED) is 0.166. The second kappa shape index (κ2) is 12.2. The van der Waals surface area contributed by atoms with Gasteiger partial charge in [-0.25, -0.2) is 0 Å². The van der Waals surface area contributed by atoms with E-state index in [-0.39, 0.29) is 46.2 Å². The Balaban J connectivity index is 0. The van der Waals surface area contributed by atoms with Crippen molar-refractivity contribution in [3.63, 3.8) is 0 Å². The molecule has 4 unspecified atom stereocenters. The summed E-state index contributed by atoms with van der Waals surface area (Å²) in [6.45, 7) is -0.526. The molecule has 0 aliphatic carbocycles. The average molecular weight is 497 g/mol. The molecule has 8 N–H and O–H groups in total. The number of carboxylic acid groups (broad SMARTS) is 1. The summed E-state index contributed by atoms with van der Waals surface area (Å²) in [5.41, 5.74) is -0.106. The zero-order valence-corrected chi connectivity index (χ0v) is 18.1. The Morgan fingerprint density at radius 3 is 2.19 bits per heavy atom. The van der Waals surface area contributed by atoms with Crippen LogP contribution in [0.5, 0.6) is 0 Å². The topological polar surface area (TPSA) is 223 Å². The van der Waals surface area contributed by atoms with Gasteiger partial charge < -0.3 is 11.0 Å². The van der Waals surface area contributed by atoms with Gasteiger partial charge >= 0.3 is 167 Å². The largest absolute Gasteiger partial charge is 1.00 e. The van der Waals surface area contributed by atoms with Crippen molar-refractivity contribution in [3.05, 3.63) is 34.4 Å². The van der Waals surface area contributed by atoms with Crippen LogP contribution in [0.3, 0.4) is 0 Å². The number of nitrogens with zero attached hydrogens (tertiary/aromatic N) is 1. The molecule has 4 atom stereocenters. The second-order valence-corrected chi connectivity index (χ2v) is 8.85. The molecule has 0 aromatic heterocycles. The first-order chi connectivity index (χ1) is 10.8. The summed E-state index contributed by atoms with van der Waals surface area (Å²) in [5.74, 6) is -1.62. The van der Waals surface area contributed by atoms with Gasteiger partial charge in [0.2, 0.25) is 0 Å². The fraction of sp³-hybridized carbons (Fsp3) is 0.417. The summed E-state index contributed by atoms with van der Waals surface area (Å²) in [6, 6.07) is 5.46. The Bertz CT molecular complexity index is 589. The van der Waals surface area contributed by atoms with Crippen molar-refractivity contribution in [2.45, 2.75) is 24.4 Å². The van der Waals surface area contributed by atoms with Gasteiger partial charge in [0.15, 0.2) is 0 Å². The number of hydrogen-bond donors (Lipinski definition) is 4. The molecule has 142 valence electrons.